The molecule has 2 aromatic rings. The molecule has 1 aromatic heterocycles. The van der Waals surface area contributed by atoms with Crippen LogP contribution < -0.4 is 5.73 Å². The smallest absolute Gasteiger partial charge is 0.138 e. The van der Waals surface area contributed by atoms with Crippen molar-refractivity contribution in [3.63, 3.8) is 0 Å². The molecule has 0 saturated carbocycles. The zero-order valence-corrected chi connectivity index (χ0v) is 11.2. The first-order chi connectivity index (χ1) is 8.61. The minimum atomic E-state index is -0.0289. The van der Waals surface area contributed by atoms with E-state index in [1.165, 1.54) is 11.1 Å². The zero-order valence-electron chi connectivity index (χ0n) is 11.2. The summed E-state index contributed by atoms with van der Waals surface area (Å²) in [6.45, 7) is 7.10. The van der Waals surface area contributed by atoms with Crippen LogP contribution in [0.1, 0.15) is 35.5 Å². The summed E-state index contributed by atoms with van der Waals surface area (Å²) in [6.07, 6.45) is 2.31. The summed E-state index contributed by atoms with van der Waals surface area (Å²) in [4.78, 5) is 4.26. The van der Waals surface area contributed by atoms with Crippen LogP contribution in [0.25, 0.3) is 0 Å². The highest BCUT2D eigenvalue weighted by atomic mass is 15.3. The summed E-state index contributed by atoms with van der Waals surface area (Å²) >= 11 is 0. The van der Waals surface area contributed by atoms with Crippen LogP contribution in [-0.4, -0.2) is 14.8 Å². The summed E-state index contributed by atoms with van der Waals surface area (Å²) in [6, 6.07) is 6.35. The molecule has 2 N–H and O–H groups in total. The lowest BCUT2D eigenvalue weighted by Gasteiger charge is -2.13. The highest BCUT2D eigenvalue weighted by Crippen LogP contribution is 2.18. The standard InChI is InChI=1S/C14H20N4/c1-4-18-14(16-9-17-18)8-13(15)12-6-5-10(2)11(3)7-12/h5-7,9,13H,4,8,15H2,1-3H3. The van der Waals surface area contributed by atoms with Crippen molar-refractivity contribution in [3.05, 3.63) is 47.0 Å². The second-order valence-electron chi connectivity index (χ2n) is 4.65. The minimum Gasteiger partial charge on any atom is -0.324 e. The Balaban J connectivity index is 2.16. The van der Waals surface area contributed by atoms with E-state index in [4.69, 9.17) is 5.73 Å². The van der Waals surface area contributed by atoms with Gasteiger partial charge in [0.25, 0.3) is 0 Å². The fourth-order valence-electron chi connectivity index (χ4n) is 2.02. The van der Waals surface area contributed by atoms with E-state index in [-0.39, 0.29) is 6.04 Å². The van der Waals surface area contributed by atoms with Gasteiger partial charge in [-0.25, -0.2) is 4.98 Å². The summed E-state index contributed by atoms with van der Waals surface area (Å²) < 4.78 is 1.89. The molecule has 0 aliphatic heterocycles. The second-order valence-corrected chi connectivity index (χ2v) is 4.65. The van der Waals surface area contributed by atoms with Gasteiger partial charge in [0, 0.05) is 19.0 Å². The van der Waals surface area contributed by atoms with Gasteiger partial charge < -0.3 is 5.73 Å². The van der Waals surface area contributed by atoms with Crippen LogP contribution in [0.3, 0.4) is 0 Å². The molecule has 0 fully saturated rings. The van der Waals surface area contributed by atoms with Crippen LogP contribution >= 0.6 is 0 Å². The van der Waals surface area contributed by atoms with E-state index in [1.54, 1.807) is 6.33 Å². The molecule has 0 amide bonds. The normalized spacial score (nSPS) is 12.7. The molecule has 2 rings (SSSR count). The highest BCUT2D eigenvalue weighted by Gasteiger charge is 2.12. The van der Waals surface area contributed by atoms with Gasteiger partial charge >= 0.3 is 0 Å². The van der Waals surface area contributed by atoms with Gasteiger partial charge in [-0.3, -0.25) is 4.68 Å². The third-order valence-electron chi connectivity index (χ3n) is 3.36. The third-order valence-corrected chi connectivity index (χ3v) is 3.36. The third kappa shape index (κ3) is 2.59. The first-order valence-corrected chi connectivity index (χ1v) is 6.31. The molecule has 1 unspecified atom stereocenters. The minimum absolute atomic E-state index is 0.0289. The molecule has 1 aromatic carbocycles. The molecule has 1 atom stereocenters. The maximum Gasteiger partial charge on any atom is 0.138 e. The Morgan fingerprint density at radius 1 is 1.28 bits per heavy atom. The molecule has 18 heavy (non-hydrogen) atoms. The largest absolute Gasteiger partial charge is 0.324 e. The van der Waals surface area contributed by atoms with Crippen LogP contribution in [0.5, 0.6) is 0 Å². The van der Waals surface area contributed by atoms with Crippen LogP contribution in [0.2, 0.25) is 0 Å². The number of nitrogens with two attached hydrogens (primary N) is 1. The summed E-state index contributed by atoms with van der Waals surface area (Å²) in [5.74, 6) is 0.947. The van der Waals surface area contributed by atoms with Crippen molar-refractivity contribution in [2.45, 2.75) is 39.8 Å². The summed E-state index contributed by atoms with van der Waals surface area (Å²) in [5, 5.41) is 4.16. The Hall–Kier alpha value is -1.68. The number of aromatic nitrogens is 3. The molecule has 96 valence electrons. The van der Waals surface area contributed by atoms with Gasteiger partial charge in [0.1, 0.15) is 12.2 Å². The topological polar surface area (TPSA) is 56.7 Å². The average Bonchev–Trinajstić information content (AvgIpc) is 2.79. The molecule has 0 spiro atoms. The van der Waals surface area contributed by atoms with Crippen LogP contribution in [-0.2, 0) is 13.0 Å². The molecule has 0 aliphatic rings. The Morgan fingerprint density at radius 3 is 2.72 bits per heavy atom. The van der Waals surface area contributed by atoms with Crippen LogP contribution in [0.4, 0.5) is 0 Å². The van der Waals surface area contributed by atoms with E-state index >= 15 is 0 Å². The lowest BCUT2D eigenvalue weighted by atomic mass is 9.99. The monoisotopic (exact) mass is 244 g/mol. The Kier molecular flexibility index (Phi) is 3.77. The molecular weight excluding hydrogens is 224 g/mol. The summed E-state index contributed by atoms with van der Waals surface area (Å²) in [7, 11) is 0. The number of nitrogens with zero attached hydrogens (tertiary/aromatic N) is 3. The van der Waals surface area contributed by atoms with Gasteiger partial charge in [0.05, 0.1) is 0 Å². The lowest BCUT2D eigenvalue weighted by molar-refractivity contribution is 0.581. The number of benzene rings is 1. The fourth-order valence-corrected chi connectivity index (χ4v) is 2.02. The van der Waals surface area contributed by atoms with E-state index in [9.17, 15) is 0 Å². The van der Waals surface area contributed by atoms with Crippen LogP contribution in [0, 0.1) is 13.8 Å². The molecule has 0 aliphatic carbocycles. The van der Waals surface area contributed by atoms with Gasteiger partial charge in [-0.05, 0) is 37.5 Å². The van der Waals surface area contributed by atoms with Gasteiger partial charge in [0.15, 0.2) is 0 Å². The fraction of sp³-hybridized carbons (Fsp3) is 0.429. The first kappa shape index (κ1) is 12.8. The van der Waals surface area contributed by atoms with Crippen molar-refractivity contribution in [2.75, 3.05) is 0 Å². The molecule has 0 bridgehead atoms. The number of rotatable bonds is 4. The van der Waals surface area contributed by atoms with Crippen molar-refractivity contribution >= 4 is 0 Å². The molecule has 1 heterocycles. The molecule has 4 heteroatoms. The van der Waals surface area contributed by atoms with Gasteiger partial charge in [-0.2, -0.15) is 5.10 Å². The van der Waals surface area contributed by atoms with E-state index in [0.717, 1.165) is 24.4 Å². The van der Waals surface area contributed by atoms with Crippen molar-refractivity contribution in [3.8, 4) is 0 Å². The van der Waals surface area contributed by atoms with Crippen molar-refractivity contribution in [1.29, 1.82) is 0 Å². The summed E-state index contributed by atoms with van der Waals surface area (Å²) in [5.41, 5.74) is 9.98. The maximum atomic E-state index is 6.25. The predicted octanol–water partition coefficient (Wildman–Crippen LogP) is 2.16. The zero-order chi connectivity index (χ0) is 13.1. The van der Waals surface area contributed by atoms with Crippen molar-refractivity contribution in [2.24, 2.45) is 5.73 Å². The average molecular weight is 244 g/mol. The van der Waals surface area contributed by atoms with Crippen molar-refractivity contribution < 1.29 is 0 Å². The second kappa shape index (κ2) is 5.31. The van der Waals surface area contributed by atoms with Gasteiger partial charge in [-0.1, -0.05) is 18.2 Å². The molecule has 0 radical (unpaired) electrons. The maximum absolute atomic E-state index is 6.25. The molecule has 0 saturated heterocycles. The molecular formula is C14H20N4. The number of hydrogen-bond acceptors (Lipinski definition) is 3. The van der Waals surface area contributed by atoms with Crippen molar-refractivity contribution in [1.82, 2.24) is 14.8 Å². The number of aryl methyl sites for hydroxylation is 3. The predicted molar refractivity (Wildman–Crippen MR) is 72.2 cm³/mol. The van der Waals surface area contributed by atoms with Crippen LogP contribution in [0.15, 0.2) is 24.5 Å². The van der Waals surface area contributed by atoms with E-state index in [2.05, 4.69) is 49.1 Å². The Bertz CT molecular complexity index is 530. The van der Waals surface area contributed by atoms with E-state index < -0.39 is 0 Å². The first-order valence-electron chi connectivity index (χ1n) is 6.31. The lowest BCUT2D eigenvalue weighted by Crippen LogP contribution is -2.17. The number of hydrogen-bond donors (Lipinski definition) is 1. The SMILES string of the molecule is CCn1ncnc1CC(N)c1ccc(C)c(C)c1. The van der Waals surface area contributed by atoms with E-state index in [0.29, 0.717) is 0 Å². The highest BCUT2D eigenvalue weighted by molar-refractivity contribution is 5.31. The molecule has 4 nitrogen and oxygen atoms in total. The van der Waals surface area contributed by atoms with Gasteiger partial charge in [-0.15, -0.1) is 0 Å². The quantitative estimate of drug-likeness (QED) is 0.896. The Morgan fingerprint density at radius 2 is 2.06 bits per heavy atom. The van der Waals surface area contributed by atoms with E-state index in [1.807, 2.05) is 4.68 Å². The Labute approximate surface area is 108 Å². The van der Waals surface area contributed by atoms with Gasteiger partial charge in [0.2, 0.25) is 0 Å².